The molecular formula is C12H14FNO. The monoisotopic (exact) mass is 207 g/mol. The first-order valence-electron chi connectivity index (χ1n) is 5.22. The standard InChI is InChI=1S/C12H14FNO/c1-8(14-12(15)10-2-3-10)9-4-6-11(13)7-5-9/h4-8,10H,2-3H2,1H3,(H,14,15)/t8-/m0/s1. The number of rotatable bonds is 3. The molecule has 0 bridgehead atoms. The molecule has 1 aromatic rings. The summed E-state index contributed by atoms with van der Waals surface area (Å²) in [6, 6.07) is 6.18. The molecule has 15 heavy (non-hydrogen) atoms. The van der Waals surface area contributed by atoms with Gasteiger partial charge in [-0.3, -0.25) is 4.79 Å². The van der Waals surface area contributed by atoms with Gasteiger partial charge in [0.15, 0.2) is 0 Å². The Labute approximate surface area is 88.5 Å². The van der Waals surface area contributed by atoms with Gasteiger partial charge in [-0.1, -0.05) is 12.1 Å². The molecule has 0 radical (unpaired) electrons. The van der Waals surface area contributed by atoms with E-state index in [9.17, 15) is 9.18 Å². The minimum absolute atomic E-state index is 0.0429. The number of hydrogen-bond acceptors (Lipinski definition) is 1. The van der Waals surface area contributed by atoms with Crippen molar-refractivity contribution < 1.29 is 9.18 Å². The van der Waals surface area contributed by atoms with Gasteiger partial charge in [-0.05, 0) is 37.5 Å². The van der Waals surface area contributed by atoms with Gasteiger partial charge < -0.3 is 5.32 Å². The molecule has 1 aromatic carbocycles. The van der Waals surface area contributed by atoms with Crippen LogP contribution >= 0.6 is 0 Å². The van der Waals surface area contributed by atoms with Crippen molar-refractivity contribution >= 4 is 5.91 Å². The van der Waals surface area contributed by atoms with E-state index in [0.717, 1.165) is 18.4 Å². The highest BCUT2D eigenvalue weighted by molar-refractivity contribution is 5.81. The summed E-state index contributed by atoms with van der Waals surface area (Å²) in [5.74, 6) is 0.0826. The average molecular weight is 207 g/mol. The highest BCUT2D eigenvalue weighted by Gasteiger charge is 2.30. The van der Waals surface area contributed by atoms with E-state index in [2.05, 4.69) is 5.32 Å². The van der Waals surface area contributed by atoms with E-state index in [0.29, 0.717) is 0 Å². The summed E-state index contributed by atoms with van der Waals surface area (Å²) < 4.78 is 12.7. The number of amides is 1. The molecule has 0 spiro atoms. The van der Waals surface area contributed by atoms with Crippen LogP contribution in [0.5, 0.6) is 0 Å². The van der Waals surface area contributed by atoms with E-state index in [1.54, 1.807) is 12.1 Å². The van der Waals surface area contributed by atoms with Crippen LogP contribution in [0.1, 0.15) is 31.4 Å². The third kappa shape index (κ3) is 2.55. The summed E-state index contributed by atoms with van der Waals surface area (Å²) in [7, 11) is 0. The van der Waals surface area contributed by atoms with Gasteiger partial charge in [0.05, 0.1) is 6.04 Å². The maximum absolute atomic E-state index is 12.7. The minimum atomic E-state index is -0.250. The largest absolute Gasteiger partial charge is 0.349 e. The average Bonchev–Trinajstić information content (AvgIpc) is 3.01. The number of nitrogens with one attached hydrogen (secondary N) is 1. The number of halogens is 1. The number of carbonyl (C=O) groups is 1. The second-order valence-electron chi connectivity index (χ2n) is 4.06. The molecule has 1 aliphatic rings. The van der Waals surface area contributed by atoms with Crippen molar-refractivity contribution in [2.45, 2.75) is 25.8 Å². The summed E-state index contributed by atoms with van der Waals surface area (Å²) in [5.41, 5.74) is 0.936. The first-order chi connectivity index (χ1) is 7.16. The topological polar surface area (TPSA) is 29.1 Å². The highest BCUT2D eigenvalue weighted by atomic mass is 19.1. The van der Waals surface area contributed by atoms with Gasteiger partial charge >= 0.3 is 0 Å². The SMILES string of the molecule is C[C@H](NC(=O)C1CC1)c1ccc(F)cc1. The molecule has 1 amide bonds. The summed E-state index contributed by atoms with van der Waals surface area (Å²) in [4.78, 5) is 11.5. The van der Waals surface area contributed by atoms with Crippen molar-refractivity contribution in [2.24, 2.45) is 5.92 Å². The molecule has 2 nitrogen and oxygen atoms in total. The molecule has 1 fully saturated rings. The van der Waals surface area contributed by atoms with Crippen molar-refractivity contribution in [3.63, 3.8) is 0 Å². The third-order valence-corrected chi connectivity index (χ3v) is 2.68. The van der Waals surface area contributed by atoms with Gasteiger partial charge in [-0.2, -0.15) is 0 Å². The number of benzene rings is 1. The molecule has 1 aliphatic carbocycles. The van der Waals surface area contributed by atoms with Gasteiger partial charge in [0, 0.05) is 5.92 Å². The zero-order valence-electron chi connectivity index (χ0n) is 8.66. The third-order valence-electron chi connectivity index (χ3n) is 2.68. The maximum atomic E-state index is 12.7. The first kappa shape index (κ1) is 10.1. The van der Waals surface area contributed by atoms with Crippen molar-refractivity contribution in [3.8, 4) is 0 Å². The molecule has 0 aliphatic heterocycles. The van der Waals surface area contributed by atoms with Crippen LogP contribution in [-0.2, 0) is 4.79 Å². The van der Waals surface area contributed by atoms with Gasteiger partial charge in [0.2, 0.25) is 5.91 Å². The van der Waals surface area contributed by atoms with E-state index in [1.165, 1.54) is 12.1 Å². The van der Waals surface area contributed by atoms with Gasteiger partial charge in [-0.15, -0.1) is 0 Å². The summed E-state index contributed by atoms with van der Waals surface area (Å²) in [6.07, 6.45) is 2.00. The normalized spacial score (nSPS) is 17.2. The minimum Gasteiger partial charge on any atom is -0.349 e. The predicted octanol–water partition coefficient (Wildman–Crippen LogP) is 2.41. The second kappa shape index (κ2) is 4.01. The first-order valence-corrected chi connectivity index (χ1v) is 5.22. The van der Waals surface area contributed by atoms with Crippen LogP contribution in [0.3, 0.4) is 0 Å². The molecule has 0 unspecified atom stereocenters. The Morgan fingerprint density at radius 3 is 2.53 bits per heavy atom. The van der Waals surface area contributed by atoms with Crippen molar-refractivity contribution in [2.75, 3.05) is 0 Å². The van der Waals surface area contributed by atoms with Crippen LogP contribution in [0.4, 0.5) is 4.39 Å². The van der Waals surface area contributed by atoms with E-state index in [4.69, 9.17) is 0 Å². The van der Waals surface area contributed by atoms with E-state index in [1.807, 2.05) is 6.92 Å². The van der Waals surface area contributed by atoms with E-state index < -0.39 is 0 Å². The zero-order chi connectivity index (χ0) is 10.8. The lowest BCUT2D eigenvalue weighted by molar-refractivity contribution is -0.122. The molecular weight excluding hydrogens is 193 g/mol. The van der Waals surface area contributed by atoms with Gasteiger partial charge in [0.25, 0.3) is 0 Å². The molecule has 0 aromatic heterocycles. The fourth-order valence-corrected chi connectivity index (χ4v) is 1.51. The van der Waals surface area contributed by atoms with E-state index in [-0.39, 0.29) is 23.7 Å². The van der Waals surface area contributed by atoms with Crippen molar-refractivity contribution in [1.29, 1.82) is 0 Å². The van der Waals surface area contributed by atoms with E-state index >= 15 is 0 Å². The molecule has 1 saturated carbocycles. The Bertz CT molecular complexity index is 356. The fraction of sp³-hybridized carbons (Fsp3) is 0.417. The predicted molar refractivity (Wildman–Crippen MR) is 55.7 cm³/mol. The van der Waals surface area contributed by atoms with Crippen LogP contribution in [0.2, 0.25) is 0 Å². The molecule has 3 heteroatoms. The van der Waals surface area contributed by atoms with Crippen LogP contribution in [0.25, 0.3) is 0 Å². The quantitative estimate of drug-likeness (QED) is 0.810. The fourth-order valence-electron chi connectivity index (χ4n) is 1.51. The summed E-state index contributed by atoms with van der Waals surface area (Å²) in [5, 5.41) is 2.92. The van der Waals surface area contributed by atoms with Gasteiger partial charge in [-0.25, -0.2) is 4.39 Å². The Kier molecular flexibility index (Phi) is 2.71. The Morgan fingerprint density at radius 2 is 2.00 bits per heavy atom. The molecule has 2 rings (SSSR count). The highest BCUT2D eigenvalue weighted by Crippen LogP contribution is 2.29. The lowest BCUT2D eigenvalue weighted by atomic mass is 10.1. The molecule has 0 saturated heterocycles. The summed E-state index contributed by atoms with van der Waals surface area (Å²) in [6.45, 7) is 1.91. The molecule has 80 valence electrons. The van der Waals surface area contributed by atoms with Crippen LogP contribution in [0.15, 0.2) is 24.3 Å². The van der Waals surface area contributed by atoms with Gasteiger partial charge in [0.1, 0.15) is 5.82 Å². The zero-order valence-corrected chi connectivity index (χ0v) is 8.66. The van der Waals surface area contributed by atoms with Crippen LogP contribution in [0, 0.1) is 11.7 Å². The Hall–Kier alpha value is -1.38. The molecule has 0 heterocycles. The lowest BCUT2D eigenvalue weighted by Gasteiger charge is -2.13. The summed E-state index contributed by atoms with van der Waals surface area (Å²) >= 11 is 0. The number of carbonyl (C=O) groups excluding carboxylic acids is 1. The molecule has 1 N–H and O–H groups in total. The van der Waals surface area contributed by atoms with Crippen LogP contribution in [-0.4, -0.2) is 5.91 Å². The second-order valence-corrected chi connectivity index (χ2v) is 4.06. The Morgan fingerprint density at radius 1 is 1.40 bits per heavy atom. The maximum Gasteiger partial charge on any atom is 0.223 e. The van der Waals surface area contributed by atoms with Crippen LogP contribution < -0.4 is 5.32 Å². The lowest BCUT2D eigenvalue weighted by Crippen LogP contribution is -2.27. The van der Waals surface area contributed by atoms with Crippen molar-refractivity contribution in [1.82, 2.24) is 5.32 Å². The molecule has 1 atom stereocenters. The number of hydrogen-bond donors (Lipinski definition) is 1. The Balaban J connectivity index is 1.97. The van der Waals surface area contributed by atoms with Crippen molar-refractivity contribution in [3.05, 3.63) is 35.6 Å². The smallest absolute Gasteiger partial charge is 0.223 e.